The van der Waals surface area contributed by atoms with E-state index in [1.807, 2.05) is 0 Å². The van der Waals surface area contributed by atoms with Gasteiger partial charge in [0, 0.05) is 12.5 Å². The van der Waals surface area contributed by atoms with Gasteiger partial charge in [-0.2, -0.15) is 0 Å². The normalized spacial score (nSPS) is 12.5. The van der Waals surface area contributed by atoms with Crippen LogP contribution in [-0.4, -0.2) is 21.5 Å². The van der Waals surface area contributed by atoms with E-state index in [0.717, 1.165) is 0 Å². The van der Waals surface area contributed by atoms with Gasteiger partial charge in [0.05, 0.1) is 4.92 Å². The van der Waals surface area contributed by atoms with Crippen molar-refractivity contribution in [1.82, 2.24) is 0 Å². The number of nitrogens with two attached hydrogens (primary N) is 2. The van der Waals surface area contributed by atoms with Crippen molar-refractivity contribution in [3.8, 4) is 0 Å². The van der Waals surface area contributed by atoms with Gasteiger partial charge < -0.3 is 16.6 Å². The van der Waals surface area contributed by atoms with Crippen LogP contribution in [0.25, 0.3) is 0 Å². The molecule has 0 bridgehead atoms. The molecular formula is C10H15Cl2N3O4. The molecule has 9 heteroatoms. The van der Waals surface area contributed by atoms with Gasteiger partial charge in [0.25, 0.3) is 5.69 Å². The summed E-state index contributed by atoms with van der Waals surface area (Å²) in [6.45, 7) is 1.34. The molecule has 1 aromatic carbocycles. The Hall–Kier alpha value is -1.57. The summed E-state index contributed by atoms with van der Waals surface area (Å²) in [6.07, 6.45) is -0.0105. The van der Waals surface area contributed by atoms with Crippen molar-refractivity contribution in [3.63, 3.8) is 0 Å². The van der Waals surface area contributed by atoms with Crippen LogP contribution in [0, 0.1) is 10.1 Å². The lowest BCUT2D eigenvalue weighted by molar-refractivity contribution is -0.384. The van der Waals surface area contributed by atoms with E-state index in [0.29, 0.717) is 5.56 Å². The molecule has 0 fully saturated rings. The van der Waals surface area contributed by atoms with Crippen molar-refractivity contribution in [2.24, 2.45) is 5.73 Å². The average Bonchev–Trinajstić information content (AvgIpc) is 2.20. The number of carbonyl (C=O) groups is 1. The highest BCUT2D eigenvalue weighted by molar-refractivity contribution is 5.85. The van der Waals surface area contributed by atoms with E-state index in [2.05, 4.69) is 0 Å². The van der Waals surface area contributed by atoms with Gasteiger partial charge >= 0.3 is 5.97 Å². The number of nitro benzene ring substituents is 1. The second-order valence-corrected chi connectivity index (χ2v) is 4.05. The Morgan fingerprint density at radius 3 is 2.42 bits per heavy atom. The molecule has 1 aromatic rings. The lowest BCUT2D eigenvalue weighted by Gasteiger charge is -2.18. The lowest BCUT2D eigenvalue weighted by Crippen LogP contribution is -2.46. The largest absolute Gasteiger partial charge is 0.480 e. The summed E-state index contributed by atoms with van der Waals surface area (Å²) in [5.41, 5.74) is 9.76. The third-order valence-corrected chi connectivity index (χ3v) is 2.35. The molecule has 0 unspecified atom stereocenters. The van der Waals surface area contributed by atoms with Crippen LogP contribution in [-0.2, 0) is 11.2 Å². The Morgan fingerprint density at radius 2 is 2.00 bits per heavy atom. The van der Waals surface area contributed by atoms with Crippen LogP contribution in [0.15, 0.2) is 18.2 Å². The second kappa shape index (κ2) is 7.13. The summed E-state index contributed by atoms with van der Waals surface area (Å²) in [4.78, 5) is 20.9. The number of nitrogen functional groups attached to an aromatic ring is 1. The third-order valence-electron chi connectivity index (χ3n) is 2.35. The monoisotopic (exact) mass is 311 g/mol. The summed E-state index contributed by atoms with van der Waals surface area (Å²) in [7, 11) is 0. The van der Waals surface area contributed by atoms with Gasteiger partial charge in [-0.15, -0.1) is 24.8 Å². The standard InChI is InChI=1S/C10H13N3O4.2ClH/c1-10(12,9(14)15)5-6-2-3-7(11)8(4-6)13(16)17;;/h2-4H,5,11-12H2,1H3,(H,14,15);2*1H/t10-;;/m1../s1. The quantitative estimate of drug-likeness (QED) is 0.437. The van der Waals surface area contributed by atoms with E-state index in [9.17, 15) is 14.9 Å². The first kappa shape index (κ1) is 19.8. The Bertz CT molecular complexity index is 480. The number of hydrogen-bond acceptors (Lipinski definition) is 5. The molecule has 1 atom stereocenters. The Balaban J connectivity index is 0. The summed E-state index contributed by atoms with van der Waals surface area (Å²) < 4.78 is 0. The molecule has 0 aliphatic carbocycles. The first-order valence-electron chi connectivity index (χ1n) is 4.79. The number of halogens is 2. The molecule has 0 aromatic heterocycles. The van der Waals surface area contributed by atoms with Crippen molar-refractivity contribution in [1.29, 1.82) is 0 Å². The second-order valence-electron chi connectivity index (χ2n) is 4.05. The van der Waals surface area contributed by atoms with E-state index >= 15 is 0 Å². The zero-order chi connectivity index (χ0) is 13.2. The third kappa shape index (κ3) is 4.90. The molecule has 19 heavy (non-hydrogen) atoms. The maximum Gasteiger partial charge on any atom is 0.323 e. The predicted molar refractivity (Wildman–Crippen MR) is 75.9 cm³/mol. The van der Waals surface area contributed by atoms with E-state index in [1.165, 1.54) is 25.1 Å². The van der Waals surface area contributed by atoms with E-state index in [4.69, 9.17) is 16.6 Å². The Morgan fingerprint density at radius 1 is 1.47 bits per heavy atom. The van der Waals surface area contributed by atoms with E-state index in [-0.39, 0.29) is 42.6 Å². The highest BCUT2D eigenvalue weighted by Crippen LogP contribution is 2.24. The number of aliphatic carboxylic acids is 1. The molecule has 108 valence electrons. The Kier molecular flexibility index (Phi) is 7.41. The lowest BCUT2D eigenvalue weighted by atomic mass is 9.94. The molecule has 0 aliphatic rings. The van der Waals surface area contributed by atoms with E-state index in [1.54, 1.807) is 0 Å². The van der Waals surface area contributed by atoms with Crippen molar-refractivity contribution in [3.05, 3.63) is 33.9 Å². The fourth-order valence-electron chi connectivity index (χ4n) is 1.36. The topological polar surface area (TPSA) is 132 Å². The summed E-state index contributed by atoms with van der Waals surface area (Å²) in [6, 6.07) is 4.13. The molecule has 0 spiro atoms. The number of carboxylic acids is 1. The van der Waals surface area contributed by atoms with Crippen LogP contribution in [0.2, 0.25) is 0 Å². The smallest absolute Gasteiger partial charge is 0.323 e. The zero-order valence-corrected chi connectivity index (χ0v) is 11.7. The van der Waals surface area contributed by atoms with Gasteiger partial charge in [-0.3, -0.25) is 14.9 Å². The number of hydrogen-bond donors (Lipinski definition) is 3. The number of anilines is 1. The van der Waals surface area contributed by atoms with Crippen LogP contribution in [0.3, 0.4) is 0 Å². The minimum Gasteiger partial charge on any atom is -0.480 e. The molecule has 0 radical (unpaired) electrons. The van der Waals surface area contributed by atoms with Crippen LogP contribution >= 0.6 is 24.8 Å². The van der Waals surface area contributed by atoms with Crippen LogP contribution in [0.1, 0.15) is 12.5 Å². The number of carboxylic acid groups (broad SMARTS) is 1. The maximum absolute atomic E-state index is 10.8. The fraction of sp³-hybridized carbons (Fsp3) is 0.300. The molecule has 0 aliphatic heterocycles. The molecule has 0 saturated heterocycles. The molecular weight excluding hydrogens is 297 g/mol. The van der Waals surface area contributed by atoms with Crippen molar-refractivity contribution in [2.45, 2.75) is 18.9 Å². The summed E-state index contributed by atoms with van der Waals surface area (Å²) in [5.74, 6) is -1.17. The summed E-state index contributed by atoms with van der Waals surface area (Å²) >= 11 is 0. The molecule has 1 rings (SSSR count). The molecule has 7 nitrogen and oxygen atoms in total. The van der Waals surface area contributed by atoms with Crippen LogP contribution in [0.4, 0.5) is 11.4 Å². The average molecular weight is 312 g/mol. The highest BCUT2D eigenvalue weighted by Gasteiger charge is 2.28. The SMILES string of the molecule is C[C@@](N)(Cc1ccc(N)c([N+](=O)[O-])c1)C(=O)O.Cl.Cl. The molecule has 0 heterocycles. The summed E-state index contributed by atoms with van der Waals surface area (Å²) in [5, 5.41) is 19.5. The first-order valence-corrected chi connectivity index (χ1v) is 4.79. The number of benzene rings is 1. The number of nitro groups is 1. The molecule has 0 saturated carbocycles. The fourth-order valence-corrected chi connectivity index (χ4v) is 1.36. The number of rotatable bonds is 4. The van der Waals surface area contributed by atoms with Gasteiger partial charge in [-0.25, -0.2) is 0 Å². The highest BCUT2D eigenvalue weighted by atomic mass is 35.5. The van der Waals surface area contributed by atoms with Gasteiger partial charge in [-0.05, 0) is 18.6 Å². The number of nitrogens with zero attached hydrogens (tertiary/aromatic N) is 1. The van der Waals surface area contributed by atoms with Gasteiger partial charge in [0.15, 0.2) is 0 Å². The minimum absolute atomic E-state index is 0. The van der Waals surface area contributed by atoms with E-state index < -0.39 is 16.4 Å². The van der Waals surface area contributed by atoms with Crippen molar-refractivity contribution >= 4 is 42.2 Å². The predicted octanol–water partition coefficient (Wildman–Crippen LogP) is 1.37. The van der Waals surface area contributed by atoms with Crippen molar-refractivity contribution in [2.75, 3.05) is 5.73 Å². The maximum atomic E-state index is 10.8. The zero-order valence-electron chi connectivity index (χ0n) is 10.0. The van der Waals surface area contributed by atoms with Crippen LogP contribution < -0.4 is 11.5 Å². The molecule has 0 amide bonds. The minimum atomic E-state index is -1.47. The van der Waals surface area contributed by atoms with Gasteiger partial charge in [0.2, 0.25) is 0 Å². The van der Waals surface area contributed by atoms with Crippen molar-refractivity contribution < 1.29 is 14.8 Å². The Labute approximate surface area is 121 Å². The van der Waals surface area contributed by atoms with Gasteiger partial charge in [0.1, 0.15) is 11.2 Å². The molecule has 5 N–H and O–H groups in total. The van der Waals surface area contributed by atoms with Crippen LogP contribution in [0.5, 0.6) is 0 Å². The first-order chi connectivity index (χ1) is 7.74. The van der Waals surface area contributed by atoms with Gasteiger partial charge in [-0.1, -0.05) is 6.07 Å².